The monoisotopic (exact) mass is 465 g/mol. The molecule has 5 rings (SSSR count). The molecular formula is C25H28ClN5O2. The summed E-state index contributed by atoms with van der Waals surface area (Å²) in [6.07, 6.45) is 4.59. The maximum Gasteiger partial charge on any atom is 0.253 e. The molecule has 0 aliphatic carbocycles. The third-order valence-corrected chi connectivity index (χ3v) is 7.47. The molecule has 172 valence electrons. The summed E-state index contributed by atoms with van der Waals surface area (Å²) in [7, 11) is 0. The number of hydrogen-bond donors (Lipinski definition) is 1. The third-order valence-electron chi connectivity index (χ3n) is 7.22. The van der Waals surface area contributed by atoms with Crippen molar-refractivity contribution in [2.24, 2.45) is 11.8 Å². The summed E-state index contributed by atoms with van der Waals surface area (Å²) in [6, 6.07) is 13.0. The number of rotatable bonds is 4. The normalized spacial score (nSPS) is 18.1. The fraction of sp³-hybridized carbons (Fsp3) is 0.440. The number of H-pyrrole nitrogens is 1. The predicted octanol–water partition coefficient (Wildman–Crippen LogP) is 3.94. The lowest BCUT2D eigenvalue weighted by Crippen LogP contribution is -2.44. The molecule has 0 radical (unpaired) electrons. The Balaban J connectivity index is 1.09. The number of likely N-dealkylation sites (tertiary alicyclic amines) is 2. The molecule has 2 fully saturated rings. The Hall–Kier alpha value is -2.93. The Morgan fingerprint density at radius 1 is 0.848 bits per heavy atom. The van der Waals surface area contributed by atoms with Gasteiger partial charge < -0.3 is 9.80 Å². The van der Waals surface area contributed by atoms with Crippen molar-refractivity contribution in [3.8, 4) is 0 Å². The first-order valence-electron chi connectivity index (χ1n) is 11.7. The Bertz CT molecular complexity index is 1130. The molecule has 3 heterocycles. The van der Waals surface area contributed by atoms with Crippen LogP contribution in [0.3, 0.4) is 0 Å². The first-order valence-corrected chi connectivity index (χ1v) is 12.1. The molecule has 0 bridgehead atoms. The number of aromatic nitrogens is 3. The molecular weight excluding hydrogens is 438 g/mol. The molecule has 1 N–H and O–H groups in total. The van der Waals surface area contributed by atoms with Gasteiger partial charge in [-0.1, -0.05) is 23.7 Å². The largest absolute Gasteiger partial charge is 0.342 e. The number of halogens is 1. The number of aromatic amines is 1. The molecule has 0 unspecified atom stereocenters. The second kappa shape index (κ2) is 9.51. The second-order valence-electron chi connectivity index (χ2n) is 9.18. The number of piperidine rings is 2. The van der Waals surface area contributed by atoms with Gasteiger partial charge in [0, 0.05) is 36.8 Å². The van der Waals surface area contributed by atoms with E-state index in [2.05, 4.69) is 15.4 Å². The summed E-state index contributed by atoms with van der Waals surface area (Å²) < 4.78 is 0. The van der Waals surface area contributed by atoms with Gasteiger partial charge in [-0.2, -0.15) is 15.4 Å². The number of nitrogens with one attached hydrogen (secondary N) is 1. The van der Waals surface area contributed by atoms with Gasteiger partial charge >= 0.3 is 0 Å². The Morgan fingerprint density at radius 2 is 1.45 bits per heavy atom. The maximum absolute atomic E-state index is 13.0. The average molecular weight is 466 g/mol. The van der Waals surface area contributed by atoms with Crippen LogP contribution in [0.2, 0.25) is 5.02 Å². The van der Waals surface area contributed by atoms with Crippen LogP contribution in [-0.2, 0) is 11.2 Å². The zero-order chi connectivity index (χ0) is 22.8. The van der Waals surface area contributed by atoms with Crippen LogP contribution in [0.15, 0.2) is 42.5 Å². The van der Waals surface area contributed by atoms with Crippen LogP contribution in [0.25, 0.3) is 11.0 Å². The molecule has 2 saturated heterocycles. The molecule has 33 heavy (non-hydrogen) atoms. The highest BCUT2D eigenvalue weighted by atomic mass is 35.5. The van der Waals surface area contributed by atoms with Gasteiger partial charge in [0.1, 0.15) is 11.0 Å². The Kier molecular flexibility index (Phi) is 6.31. The van der Waals surface area contributed by atoms with Crippen molar-refractivity contribution in [2.45, 2.75) is 32.1 Å². The van der Waals surface area contributed by atoms with E-state index >= 15 is 0 Å². The summed E-state index contributed by atoms with van der Waals surface area (Å²) in [4.78, 5) is 29.6. The van der Waals surface area contributed by atoms with Gasteiger partial charge in [0.2, 0.25) is 5.91 Å². The van der Waals surface area contributed by atoms with E-state index in [0.29, 0.717) is 34.4 Å². The van der Waals surface area contributed by atoms with E-state index in [9.17, 15) is 9.59 Å². The smallest absolute Gasteiger partial charge is 0.253 e. The first-order chi connectivity index (χ1) is 16.1. The van der Waals surface area contributed by atoms with Crippen molar-refractivity contribution in [3.63, 3.8) is 0 Å². The van der Waals surface area contributed by atoms with E-state index in [1.54, 1.807) is 0 Å². The van der Waals surface area contributed by atoms with Crippen LogP contribution >= 0.6 is 11.6 Å². The third kappa shape index (κ3) is 4.88. The van der Waals surface area contributed by atoms with Crippen LogP contribution < -0.4 is 0 Å². The quantitative estimate of drug-likeness (QED) is 0.632. The van der Waals surface area contributed by atoms with Gasteiger partial charge in [0.25, 0.3) is 5.91 Å². The minimum atomic E-state index is 0.0703. The Morgan fingerprint density at radius 3 is 2.12 bits per heavy atom. The van der Waals surface area contributed by atoms with Crippen LogP contribution in [0.4, 0.5) is 0 Å². The van der Waals surface area contributed by atoms with Crippen molar-refractivity contribution in [2.75, 3.05) is 26.2 Å². The number of benzene rings is 2. The molecule has 3 aromatic rings. The second-order valence-corrected chi connectivity index (χ2v) is 9.61. The average Bonchev–Trinajstić information content (AvgIpc) is 3.33. The van der Waals surface area contributed by atoms with E-state index in [4.69, 9.17) is 11.6 Å². The molecule has 0 atom stereocenters. The van der Waals surface area contributed by atoms with Crippen molar-refractivity contribution in [1.82, 2.24) is 25.2 Å². The minimum Gasteiger partial charge on any atom is -0.342 e. The summed E-state index contributed by atoms with van der Waals surface area (Å²) >= 11 is 5.94. The standard InChI is InChI=1S/C25H28ClN5O2/c26-21-4-1-17(2-5-21)15-24(32)30-11-7-18(8-12-30)19-9-13-31(14-10-19)25(33)20-3-6-22-23(16-20)28-29-27-22/h1-6,16,18-19H,7-15H2,(H,27,28,29). The number of carbonyl (C=O) groups excluding carboxylic acids is 2. The van der Waals surface area contributed by atoms with Crippen molar-refractivity contribution in [1.29, 1.82) is 0 Å². The van der Waals surface area contributed by atoms with Gasteiger partial charge in [-0.15, -0.1) is 0 Å². The van der Waals surface area contributed by atoms with Gasteiger partial charge in [-0.3, -0.25) is 9.59 Å². The van der Waals surface area contributed by atoms with Crippen molar-refractivity contribution < 1.29 is 9.59 Å². The molecule has 8 heteroatoms. The topological polar surface area (TPSA) is 82.2 Å². The number of fused-ring (bicyclic) bond motifs is 1. The summed E-state index contributed by atoms with van der Waals surface area (Å²) in [5.41, 5.74) is 3.16. The summed E-state index contributed by atoms with van der Waals surface area (Å²) in [5.74, 6) is 1.52. The lowest BCUT2D eigenvalue weighted by molar-refractivity contribution is -0.132. The molecule has 2 aliphatic rings. The van der Waals surface area contributed by atoms with E-state index in [0.717, 1.165) is 62.9 Å². The van der Waals surface area contributed by atoms with Gasteiger partial charge in [-0.25, -0.2) is 0 Å². The maximum atomic E-state index is 13.0. The van der Waals surface area contributed by atoms with Crippen LogP contribution in [-0.4, -0.2) is 63.2 Å². The summed E-state index contributed by atoms with van der Waals surface area (Å²) in [5, 5.41) is 11.4. The lowest BCUT2D eigenvalue weighted by atomic mass is 9.78. The van der Waals surface area contributed by atoms with Crippen LogP contribution in [0, 0.1) is 11.8 Å². The van der Waals surface area contributed by atoms with Crippen LogP contribution in [0.5, 0.6) is 0 Å². The first kappa shape index (κ1) is 21.9. The molecule has 0 saturated carbocycles. The zero-order valence-electron chi connectivity index (χ0n) is 18.5. The fourth-order valence-corrected chi connectivity index (χ4v) is 5.36. The molecule has 2 aliphatic heterocycles. The molecule has 2 aromatic carbocycles. The molecule has 7 nitrogen and oxygen atoms in total. The Labute approximate surface area is 198 Å². The minimum absolute atomic E-state index is 0.0703. The number of hydrogen-bond acceptors (Lipinski definition) is 4. The van der Waals surface area contributed by atoms with Crippen LogP contribution in [0.1, 0.15) is 41.6 Å². The fourth-order valence-electron chi connectivity index (χ4n) is 5.24. The van der Waals surface area contributed by atoms with E-state index in [-0.39, 0.29) is 11.8 Å². The van der Waals surface area contributed by atoms with E-state index < -0.39 is 0 Å². The zero-order valence-corrected chi connectivity index (χ0v) is 19.3. The number of carbonyl (C=O) groups is 2. The molecule has 1 aromatic heterocycles. The van der Waals surface area contributed by atoms with E-state index in [1.807, 2.05) is 52.3 Å². The van der Waals surface area contributed by atoms with Crippen molar-refractivity contribution >= 4 is 34.4 Å². The highest BCUT2D eigenvalue weighted by Crippen LogP contribution is 2.33. The highest BCUT2D eigenvalue weighted by molar-refractivity contribution is 6.30. The lowest BCUT2D eigenvalue weighted by Gasteiger charge is -2.40. The summed E-state index contributed by atoms with van der Waals surface area (Å²) in [6.45, 7) is 3.23. The van der Waals surface area contributed by atoms with Gasteiger partial charge in [0.05, 0.1) is 6.42 Å². The SMILES string of the molecule is O=C(Cc1ccc(Cl)cc1)N1CCC(C2CCN(C(=O)c3ccc4n[nH]nc4c3)CC2)CC1. The van der Waals surface area contributed by atoms with Gasteiger partial charge in [-0.05, 0) is 73.4 Å². The van der Waals surface area contributed by atoms with E-state index in [1.165, 1.54) is 0 Å². The molecule has 2 amide bonds. The van der Waals surface area contributed by atoms with Crippen molar-refractivity contribution in [3.05, 3.63) is 58.6 Å². The van der Waals surface area contributed by atoms with Gasteiger partial charge in [0.15, 0.2) is 0 Å². The number of amides is 2. The molecule has 0 spiro atoms. The highest BCUT2D eigenvalue weighted by Gasteiger charge is 2.32. The number of nitrogens with zero attached hydrogens (tertiary/aromatic N) is 4. The predicted molar refractivity (Wildman–Crippen MR) is 127 cm³/mol.